The number of carbonyl (C=O) groups is 1. The van der Waals surface area contributed by atoms with Gasteiger partial charge in [0.25, 0.3) is 0 Å². The highest BCUT2D eigenvalue weighted by Crippen LogP contribution is 2.24. The molecule has 2 aromatic carbocycles. The normalized spacial score (nSPS) is 10.6. The van der Waals surface area contributed by atoms with E-state index >= 15 is 0 Å². The lowest BCUT2D eigenvalue weighted by Crippen LogP contribution is -2.23. The van der Waals surface area contributed by atoms with Gasteiger partial charge in [0.05, 0.1) is 16.2 Å². The monoisotopic (exact) mass is 284 g/mol. The quantitative estimate of drug-likeness (QED) is 0.737. The first-order valence-electron chi connectivity index (χ1n) is 6.01. The van der Waals surface area contributed by atoms with Crippen LogP contribution in [0.1, 0.15) is 15.4 Å². The summed E-state index contributed by atoms with van der Waals surface area (Å²) in [6.07, 6.45) is 0. The maximum atomic E-state index is 11.0. The molecule has 0 aliphatic carbocycles. The molecule has 0 fully saturated rings. The first-order valence-corrected chi connectivity index (χ1v) is 6.83. The lowest BCUT2D eigenvalue weighted by atomic mass is 10.2. The van der Waals surface area contributed by atoms with Gasteiger partial charge < -0.3 is 14.6 Å². The Morgan fingerprint density at radius 1 is 1.15 bits per heavy atom. The Morgan fingerprint density at radius 2 is 1.90 bits per heavy atom. The standard InChI is InChI=1S/C15H11NO3S/c17-15(18)10-5-1-3-7-12(10)19-9-14-16-11-6-2-4-8-13(11)20-14/h1-8H,9H2,(H,17,18)/p-1. The average Bonchev–Trinajstić information content (AvgIpc) is 2.88. The van der Waals surface area contributed by atoms with Gasteiger partial charge in [0.1, 0.15) is 17.4 Å². The van der Waals surface area contributed by atoms with Crippen molar-refractivity contribution in [3.05, 3.63) is 59.1 Å². The molecule has 4 nitrogen and oxygen atoms in total. The van der Waals surface area contributed by atoms with Crippen LogP contribution in [0.4, 0.5) is 0 Å². The van der Waals surface area contributed by atoms with Gasteiger partial charge in [-0.1, -0.05) is 24.3 Å². The summed E-state index contributed by atoms with van der Waals surface area (Å²) in [7, 11) is 0. The number of carboxylic acid groups (broad SMARTS) is 1. The average molecular weight is 284 g/mol. The highest BCUT2D eigenvalue weighted by atomic mass is 32.1. The molecule has 100 valence electrons. The molecule has 20 heavy (non-hydrogen) atoms. The molecule has 0 saturated heterocycles. The molecular weight excluding hydrogens is 274 g/mol. The van der Waals surface area contributed by atoms with E-state index in [-0.39, 0.29) is 12.2 Å². The third-order valence-corrected chi connectivity index (χ3v) is 3.81. The van der Waals surface area contributed by atoms with Crippen molar-refractivity contribution in [2.24, 2.45) is 0 Å². The second kappa shape index (κ2) is 5.30. The number of benzene rings is 2. The number of hydrogen-bond donors (Lipinski definition) is 0. The largest absolute Gasteiger partial charge is 0.545 e. The Morgan fingerprint density at radius 3 is 2.70 bits per heavy atom. The third-order valence-electron chi connectivity index (χ3n) is 2.80. The van der Waals surface area contributed by atoms with Crippen molar-refractivity contribution in [3.63, 3.8) is 0 Å². The van der Waals surface area contributed by atoms with Gasteiger partial charge in [-0.25, -0.2) is 4.98 Å². The summed E-state index contributed by atoms with van der Waals surface area (Å²) in [5.74, 6) is -0.948. The third kappa shape index (κ3) is 2.48. The SMILES string of the molecule is O=C([O-])c1ccccc1OCc1nc2ccccc2s1. The molecule has 0 unspecified atom stereocenters. The highest BCUT2D eigenvalue weighted by molar-refractivity contribution is 7.18. The van der Waals surface area contributed by atoms with Gasteiger partial charge in [0.2, 0.25) is 0 Å². The number of carboxylic acids is 1. The Bertz CT molecular complexity index is 733. The highest BCUT2D eigenvalue weighted by Gasteiger charge is 2.07. The van der Waals surface area contributed by atoms with Gasteiger partial charge in [-0.2, -0.15) is 0 Å². The minimum Gasteiger partial charge on any atom is -0.545 e. The summed E-state index contributed by atoms with van der Waals surface area (Å²) in [6.45, 7) is 0.240. The first kappa shape index (κ1) is 12.6. The summed E-state index contributed by atoms with van der Waals surface area (Å²) < 4.78 is 6.62. The zero-order valence-electron chi connectivity index (χ0n) is 10.4. The number of rotatable bonds is 4. The summed E-state index contributed by atoms with van der Waals surface area (Å²) in [6, 6.07) is 14.2. The second-order valence-electron chi connectivity index (χ2n) is 4.15. The fourth-order valence-corrected chi connectivity index (χ4v) is 2.76. The van der Waals surface area contributed by atoms with E-state index in [9.17, 15) is 9.90 Å². The van der Waals surface area contributed by atoms with E-state index in [4.69, 9.17) is 4.74 Å². The summed E-state index contributed by atoms with van der Waals surface area (Å²) in [5.41, 5.74) is 0.970. The van der Waals surface area contributed by atoms with Gasteiger partial charge >= 0.3 is 0 Å². The zero-order valence-corrected chi connectivity index (χ0v) is 11.2. The molecule has 1 aromatic heterocycles. The van der Waals surface area contributed by atoms with Crippen molar-refractivity contribution in [2.45, 2.75) is 6.61 Å². The molecule has 0 bridgehead atoms. The van der Waals surface area contributed by atoms with E-state index < -0.39 is 5.97 Å². The van der Waals surface area contributed by atoms with Gasteiger partial charge in [-0.3, -0.25) is 0 Å². The fraction of sp³-hybridized carbons (Fsp3) is 0.0667. The number of aromatic nitrogens is 1. The predicted octanol–water partition coefficient (Wildman–Crippen LogP) is 2.24. The van der Waals surface area contributed by atoms with Gasteiger partial charge in [0.15, 0.2) is 0 Å². The van der Waals surface area contributed by atoms with E-state index in [2.05, 4.69) is 4.98 Å². The summed E-state index contributed by atoms with van der Waals surface area (Å²) >= 11 is 1.53. The van der Waals surface area contributed by atoms with Crippen molar-refractivity contribution < 1.29 is 14.6 Å². The van der Waals surface area contributed by atoms with E-state index in [0.717, 1.165) is 15.2 Å². The number of aromatic carboxylic acids is 1. The molecule has 5 heteroatoms. The predicted molar refractivity (Wildman–Crippen MR) is 74.7 cm³/mol. The van der Waals surface area contributed by atoms with E-state index in [1.165, 1.54) is 17.4 Å². The number of hydrogen-bond acceptors (Lipinski definition) is 5. The van der Waals surface area contributed by atoms with Crippen molar-refractivity contribution in [2.75, 3.05) is 0 Å². The Balaban J connectivity index is 1.81. The number of carbonyl (C=O) groups excluding carboxylic acids is 1. The molecule has 0 aliphatic rings. The molecule has 0 amide bonds. The van der Waals surface area contributed by atoms with Crippen molar-refractivity contribution >= 4 is 27.5 Å². The lowest BCUT2D eigenvalue weighted by molar-refractivity contribution is -0.255. The van der Waals surface area contributed by atoms with Gasteiger partial charge in [-0.05, 0) is 24.3 Å². The van der Waals surface area contributed by atoms with Crippen LogP contribution in [0, 0.1) is 0 Å². The van der Waals surface area contributed by atoms with Crippen LogP contribution in [0.25, 0.3) is 10.2 Å². The van der Waals surface area contributed by atoms with Crippen molar-refractivity contribution in [3.8, 4) is 5.75 Å². The molecule has 0 atom stereocenters. The Kier molecular flexibility index (Phi) is 3.35. The number of fused-ring (bicyclic) bond motifs is 1. The van der Waals surface area contributed by atoms with Crippen LogP contribution in [-0.4, -0.2) is 11.0 Å². The first-order chi connectivity index (χ1) is 9.74. The number of nitrogens with zero attached hydrogens (tertiary/aromatic N) is 1. The molecule has 1 heterocycles. The van der Waals surface area contributed by atoms with Crippen LogP contribution in [0.15, 0.2) is 48.5 Å². The van der Waals surface area contributed by atoms with E-state index in [1.54, 1.807) is 18.2 Å². The number of thiazole rings is 1. The Hall–Kier alpha value is -2.40. The van der Waals surface area contributed by atoms with E-state index in [0.29, 0.717) is 5.75 Å². The maximum Gasteiger partial charge on any atom is 0.140 e. The molecule has 0 aliphatic heterocycles. The molecule has 0 spiro atoms. The molecular formula is C15H10NO3S-. The van der Waals surface area contributed by atoms with Crippen LogP contribution in [0.3, 0.4) is 0 Å². The van der Waals surface area contributed by atoms with Crippen molar-refractivity contribution in [1.82, 2.24) is 4.98 Å². The summed E-state index contributed by atoms with van der Waals surface area (Å²) in [5, 5.41) is 11.8. The Labute approximate surface area is 119 Å². The number of para-hydroxylation sites is 2. The number of ether oxygens (including phenoxy) is 1. The molecule has 3 rings (SSSR count). The molecule has 0 N–H and O–H groups in total. The van der Waals surface area contributed by atoms with Crippen LogP contribution >= 0.6 is 11.3 Å². The molecule has 0 radical (unpaired) electrons. The van der Waals surface area contributed by atoms with Crippen LogP contribution in [-0.2, 0) is 6.61 Å². The zero-order chi connectivity index (χ0) is 13.9. The maximum absolute atomic E-state index is 11.0. The minimum atomic E-state index is -1.25. The lowest BCUT2D eigenvalue weighted by Gasteiger charge is -2.10. The topological polar surface area (TPSA) is 62.2 Å². The molecule has 3 aromatic rings. The van der Waals surface area contributed by atoms with Crippen LogP contribution in [0.2, 0.25) is 0 Å². The van der Waals surface area contributed by atoms with Crippen LogP contribution in [0.5, 0.6) is 5.75 Å². The molecule has 0 saturated carbocycles. The van der Waals surface area contributed by atoms with Crippen molar-refractivity contribution in [1.29, 1.82) is 0 Å². The van der Waals surface area contributed by atoms with E-state index in [1.807, 2.05) is 24.3 Å². The van der Waals surface area contributed by atoms with Gasteiger partial charge in [-0.15, -0.1) is 11.3 Å². The van der Waals surface area contributed by atoms with Crippen LogP contribution < -0.4 is 9.84 Å². The van der Waals surface area contributed by atoms with Gasteiger partial charge in [0, 0.05) is 5.56 Å². The fourth-order valence-electron chi connectivity index (χ4n) is 1.88. The smallest absolute Gasteiger partial charge is 0.140 e. The minimum absolute atomic E-state index is 0.0496. The summed E-state index contributed by atoms with van der Waals surface area (Å²) in [4.78, 5) is 15.4. The second-order valence-corrected chi connectivity index (χ2v) is 5.26.